The van der Waals surface area contributed by atoms with Gasteiger partial charge in [0, 0.05) is 24.9 Å². The predicted molar refractivity (Wildman–Crippen MR) is 121 cm³/mol. The molecule has 10 heteroatoms. The molecule has 5 nitrogen and oxygen atoms in total. The number of hydrogen-bond acceptors (Lipinski definition) is 4. The van der Waals surface area contributed by atoms with Gasteiger partial charge >= 0.3 is 6.18 Å². The Morgan fingerprint density at radius 1 is 1.21 bits per heavy atom. The smallest absolute Gasteiger partial charge is 0.434 e. The Balaban J connectivity index is 0.00000420. The van der Waals surface area contributed by atoms with Crippen LogP contribution in [0, 0.1) is 0 Å². The van der Waals surface area contributed by atoms with Crippen molar-refractivity contribution in [1.29, 1.82) is 0 Å². The summed E-state index contributed by atoms with van der Waals surface area (Å²) >= 11 is 1.01. The first kappa shape index (κ1) is 25.5. The zero-order chi connectivity index (χ0) is 20.6. The molecule has 1 aromatic heterocycles. The monoisotopic (exact) mass is 542 g/mol. The van der Waals surface area contributed by atoms with Crippen LogP contribution in [0.2, 0.25) is 0 Å². The van der Waals surface area contributed by atoms with E-state index < -0.39 is 11.9 Å². The highest BCUT2D eigenvalue weighted by atomic mass is 127. The fraction of sp³-hybridized carbons (Fsp3) is 0.474. The molecule has 0 amide bonds. The molecule has 1 aromatic carbocycles. The second-order valence-electron chi connectivity index (χ2n) is 6.31. The van der Waals surface area contributed by atoms with Crippen molar-refractivity contribution in [1.82, 2.24) is 15.6 Å². The molecule has 29 heavy (non-hydrogen) atoms. The van der Waals surface area contributed by atoms with Crippen molar-refractivity contribution < 1.29 is 17.9 Å². The maximum absolute atomic E-state index is 12.6. The number of rotatable bonds is 8. The number of thiazole rings is 1. The Morgan fingerprint density at radius 3 is 2.45 bits per heavy atom. The SMILES string of the molecule is CCNC(=NCc1ccc(OC(C)C)cc1)NCCc1nc(C(F)(F)F)cs1.I. The molecule has 162 valence electrons. The largest absolute Gasteiger partial charge is 0.491 e. The lowest BCUT2D eigenvalue weighted by Gasteiger charge is -2.11. The zero-order valence-corrected chi connectivity index (χ0v) is 19.7. The zero-order valence-electron chi connectivity index (χ0n) is 16.5. The second-order valence-corrected chi connectivity index (χ2v) is 7.25. The number of aliphatic imine (C=N–C) groups is 1. The average molecular weight is 542 g/mol. The highest BCUT2D eigenvalue weighted by Gasteiger charge is 2.33. The second kappa shape index (κ2) is 12.2. The minimum atomic E-state index is -4.39. The highest BCUT2D eigenvalue weighted by Crippen LogP contribution is 2.30. The van der Waals surface area contributed by atoms with Crippen molar-refractivity contribution in [2.24, 2.45) is 4.99 Å². The first-order valence-electron chi connectivity index (χ1n) is 9.07. The normalized spacial score (nSPS) is 11.9. The number of hydrogen-bond donors (Lipinski definition) is 2. The van der Waals surface area contributed by atoms with Crippen molar-refractivity contribution in [2.75, 3.05) is 13.1 Å². The molecule has 0 spiro atoms. The van der Waals surface area contributed by atoms with Crippen LogP contribution in [0.4, 0.5) is 13.2 Å². The minimum Gasteiger partial charge on any atom is -0.491 e. The van der Waals surface area contributed by atoms with E-state index in [0.29, 0.717) is 37.0 Å². The number of halogens is 4. The Hall–Kier alpha value is -1.56. The quantitative estimate of drug-likeness (QED) is 0.284. The molecule has 1 heterocycles. The van der Waals surface area contributed by atoms with Gasteiger partial charge in [-0.05, 0) is 38.5 Å². The van der Waals surface area contributed by atoms with Crippen LogP contribution >= 0.6 is 35.3 Å². The van der Waals surface area contributed by atoms with Crippen molar-refractivity contribution in [3.05, 3.63) is 45.9 Å². The Kier molecular flexibility index (Phi) is 10.7. The summed E-state index contributed by atoms with van der Waals surface area (Å²) in [6.45, 7) is 7.50. The third kappa shape index (κ3) is 9.20. The van der Waals surface area contributed by atoms with Gasteiger partial charge in [-0.15, -0.1) is 35.3 Å². The molecular weight excluding hydrogens is 516 g/mol. The van der Waals surface area contributed by atoms with Crippen LogP contribution in [-0.4, -0.2) is 30.1 Å². The highest BCUT2D eigenvalue weighted by molar-refractivity contribution is 14.0. The van der Waals surface area contributed by atoms with Crippen LogP contribution in [-0.2, 0) is 19.1 Å². The van der Waals surface area contributed by atoms with Gasteiger partial charge in [0.15, 0.2) is 11.7 Å². The first-order valence-corrected chi connectivity index (χ1v) is 9.95. The lowest BCUT2D eigenvalue weighted by Crippen LogP contribution is -2.38. The van der Waals surface area contributed by atoms with Crippen LogP contribution in [0.15, 0.2) is 34.6 Å². The molecule has 2 N–H and O–H groups in total. The summed E-state index contributed by atoms with van der Waals surface area (Å²) in [6, 6.07) is 7.73. The maximum Gasteiger partial charge on any atom is 0.434 e. The molecule has 0 bridgehead atoms. The van der Waals surface area contributed by atoms with Crippen LogP contribution in [0.5, 0.6) is 5.75 Å². The lowest BCUT2D eigenvalue weighted by molar-refractivity contribution is -0.140. The molecule has 2 aromatic rings. The van der Waals surface area contributed by atoms with E-state index in [4.69, 9.17) is 4.74 Å². The molecule has 0 aliphatic rings. The fourth-order valence-electron chi connectivity index (χ4n) is 2.30. The van der Waals surface area contributed by atoms with E-state index >= 15 is 0 Å². The number of nitrogens with zero attached hydrogens (tertiary/aromatic N) is 2. The standard InChI is InChI=1S/C19H25F3N4OS.HI/c1-4-23-18(24-10-9-17-26-16(12-28-17)19(20,21)22)25-11-14-5-7-15(8-6-14)27-13(2)3;/h5-8,12-13H,4,9-11H2,1-3H3,(H2,23,24,25);1H. The van der Waals surface area contributed by atoms with Gasteiger partial charge in [0.1, 0.15) is 5.75 Å². The lowest BCUT2D eigenvalue weighted by atomic mass is 10.2. The van der Waals surface area contributed by atoms with Crippen LogP contribution < -0.4 is 15.4 Å². The Morgan fingerprint density at radius 2 is 1.90 bits per heavy atom. The van der Waals surface area contributed by atoms with Gasteiger partial charge < -0.3 is 15.4 Å². The summed E-state index contributed by atoms with van der Waals surface area (Å²) in [5.74, 6) is 1.42. The summed E-state index contributed by atoms with van der Waals surface area (Å²) in [6.07, 6.45) is -3.88. The van der Waals surface area contributed by atoms with Crippen molar-refractivity contribution in [3.63, 3.8) is 0 Å². The molecule has 0 aliphatic heterocycles. The van der Waals surface area contributed by atoms with Crippen LogP contribution in [0.3, 0.4) is 0 Å². The van der Waals surface area contributed by atoms with Crippen molar-refractivity contribution >= 4 is 41.3 Å². The van der Waals surface area contributed by atoms with Gasteiger partial charge in [-0.1, -0.05) is 12.1 Å². The maximum atomic E-state index is 12.6. The third-order valence-electron chi connectivity index (χ3n) is 3.53. The molecule has 0 saturated carbocycles. The van der Waals surface area contributed by atoms with Crippen molar-refractivity contribution in [2.45, 2.75) is 46.0 Å². The van der Waals surface area contributed by atoms with Gasteiger partial charge in [-0.2, -0.15) is 13.2 Å². The molecule has 0 radical (unpaired) electrons. The van der Waals surface area contributed by atoms with Crippen molar-refractivity contribution in [3.8, 4) is 5.75 Å². The van der Waals surface area contributed by atoms with Crippen LogP contribution in [0.1, 0.15) is 37.0 Å². The molecule has 0 unspecified atom stereocenters. The van der Waals surface area contributed by atoms with Gasteiger partial charge in [0.25, 0.3) is 0 Å². The summed E-state index contributed by atoms with van der Waals surface area (Å²) in [5, 5.41) is 7.73. The summed E-state index contributed by atoms with van der Waals surface area (Å²) < 4.78 is 43.4. The molecule has 0 fully saturated rings. The molecule has 0 aliphatic carbocycles. The number of aromatic nitrogens is 1. The Bertz CT molecular complexity index is 764. The number of ether oxygens (including phenoxy) is 1. The number of alkyl halides is 3. The Labute approximate surface area is 190 Å². The van der Waals surface area contributed by atoms with E-state index in [1.807, 2.05) is 45.0 Å². The molecule has 0 atom stereocenters. The van der Waals surface area contributed by atoms with Gasteiger partial charge in [-0.3, -0.25) is 0 Å². The summed E-state index contributed by atoms with van der Waals surface area (Å²) in [4.78, 5) is 8.13. The molecular formula is C19H26F3IN4OS. The van der Waals surface area contributed by atoms with Gasteiger partial charge in [0.05, 0.1) is 17.7 Å². The van der Waals surface area contributed by atoms with E-state index in [9.17, 15) is 13.2 Å². The van der Waals surface area contributed by atoms with E-state index in [-0.39, 0.29) is 30.1 Å². The predicted octanol–water partition coefficient (Wildman–Crippen LogP) is 4.86. The van der Waals surface area contributed by atoms with E-state index in [1.165, 1.54) is 0 Å². The number of guanidine groups is 1. The first-order chi connectivity index (χ1) is 13.3. The molecule has 2 rings (SSSR count). The minimum absolute atomic E-state index is 0. The fourth-order valence-corrected chi connectivity index (χ4v) is 3.11. The van der Waals surface area contributed by atoms with E-state index in [2.05, 4.69) is 20.6 Å². The summed E-state index contributed by atoms with van der Waals surface area (Å²) in [7, 11) is 0. The topological polar surface area (TPSA) is 58.5 Å². The third-order valence-corrected chi connectivity index (χ3v) is 4.44. The van der Waals surface area contributed by atoms with E-state index in [0.717, 1.165) is 28.0 Å². The van der Waals surface area contributed by atoms with Gasteiger partial charge in [-0.25, -0.2) is 9.98 Å². The van der Waals surface area contributed by atoms with Crippen LogP contribution in [0.25, 0.3) is 0 Å². The van der Waals surface area contributed by atoms with E-state index in [1.54, 1.807) is 0 Å². The number of benzene rings is 1. The molecule has 0 saturated heterocycles. The number of nitrogens with one attached hydrogen (secondary N) is 2. The average Bonchev–Trinajstić information content (AvgIpc) is 3.10. The summed E-state index contributed by atoms with van der Waals surface area (Å²) in [5.41, 5.74) is 0.195. The van der Waals surface area contributed by atoms with Gasteiger partial charge in [0.2, 0.25) is 0 Å².